The van der Waals surface area contributed by atoms with E-state index < -0.39 is 5.60 Å². The van der Waals surface area contributed by atoms with Crippen LogP contribution in [0.25, 0.3) is 0 Å². The lowest BCUT2D eigenvalue weighted by molar-refractivity contribution is -0.153. The summed E-state index contributed by atoms with van der Waals surface area (Å²) in [6.45, 7) is 7.14. The van der Waals surface area contributed by atoms with Gasteiger partial charge in [0.05, 0.1) is 6.54 Å². The Kier molecular flexibility index (Phi) is 7.05. The molecule has 0 saturated heterocycles. The standard InChI is InChI=1S/C17H25NO4/c1-13(19)21-12-15(10-14-8-6-5-7-9-14)18-11-16(20)22-17(2,3)4/h5-9,15,18H,10-12H2,1-4H3/t15-/m0/s1. The van der Waals surface area contributed by atoms with Gasteiger partial charge in [0.1, 0.15) is 12.2 Å². The molecule has 0 fully saturated rings. The number of nitrogens with one attached hydrogen (secondary N) is 1. The molecule has 0 unspecified atom stereocenters. The molecule has 5 heteroatoms. The minimum Gasteiger partial charge on any atom is -0.464 e. The highest BCUT2D eigenvalue weighted by Gasteiger charge is 2.18. The van der Waals surface area contributed by atoms with Crippen molar-refractivity contribution in [2.24, 2.45) is 0 Å². The van der Waals surface area contributed by atoms with Gasteiger partial charge >= 0.3 is 11.9 Å². The van der Waals surface area contributed by atoms with Gasteiger partial charge in [0.25, 0.3) is 0 Å². The average molecular weight is 307 g/mol. The lowest BCUT2D eigenvalue weighted by atomic mass is 10.1. The van der Waals surface area contributed by atoms with Crippen molar-refractivity contribution in [2.45, 2.75) is 45.8 Å². The fourth-order valence-corrected chi connectivity index (χ4v) is 1.91. The third-order valence-corrected chi connectivity index (χ3v) is 2.77. The smallest absolute Gasteiger partial charge is 0.320 e. The predicted octanol–water partition coefficient (Wildman–Crippen LogP) is 2.09. The van der Waals surface area contributed by atoms with Crippen molar-refractivity contribution in [3.8, 4) is 0 Å². The van der Waals surface area contributed by atoms with Crippen LogP contribution < -0.4 is 5.32 Å². The Morgan fingerprint density at radius 1 is 1.18 bits per heavy atom. The number of benzene rings is 1. The van der Waals surface area contributed by atoms with E-state index in [4.69, 9.17) is 9.47 Å². The summed E-state index contributed by atoms with van der Waals surface area (Å²) in [7, 11) is 0. The number of hydrogen-bond acceptors (Lipinski definition) is 5. The minimum absolute atomic E-state index is 0.0794. The van der Waals surface area contributed by atoms with Gasteiger partial charge in [-0.15, -0.1) is 0 Å². The van der Waals surface area contributed by atoms with Gasteiger partial charge in [-0.25, -0.2) is 0 Å². The van der Waals surface area contributed by atoms with E-state index in [0.29, 0.717) is 6.42 Å². The summed E-state index contributed by atoms with van der Waals surface area (Å²) in [5.74, 6) is -0.662. The van der Waals surface area contributed by atoms with Gasteiger partial charge in [-0.05, 0) is 32.8 Å². The van der Waals surface area contributed by atoms with Crippen LogP contribution in [0, 0.1) is 0 Å². The van der Waals surface area contributed by atoms with Crippen LogP contribution in [0.3, 0.4) is 0 Å². The second-order valence-corrected chi connectivity index (χ2v) is 6.16. The summed E-state index contributed by atoms with van der Waals surface area (Å²) in [6, 6.07) is 9.70. The largest absolute Gasteiger partial charge is 0.464 e. The van der Waals surface area contributed by atoms with E-state index in [2.05, 4.69) is 5.32 Å². The molecule has 122 valence electrons. The average Bonchev–Trinajstić information content (AvgIpc) is 2.41. The molecule has 0 aliphatic rings. The quantitative estimate of drug-likeness (QED) is 0.782. The van der Waals surface area contributed by atoms with E-state index in [1.54, 1.807) is 0 Å². The molecule has 1 aromatic carbocycles. The molecule has 0 aliphatic carbocycles. The summed E-state index contributed by atoms with van der Waals surface area (Å²) < 4.78 is 10.3. The molecule has 0 bridgehead atoms. The number of carbonyl (C=O) groups excluding carboxylic acids is 2. The molecule has 1 N–H and O–H groups in total. The second-order valence-electron chi connectivity index (χ2n) is 6.16. The molecule has 0 amide bonds. The van der Waals surface area contributed by atoms with Gasteiger partial charge in [-0.3, -0.25) is 9.59 Å². The number of hydrogen-bond donors (Lipinski definition) is 1. The maximum Gasteiger partial charge on any atom is 0.320 e. The Labute approximate surface area is 132 Å². The van der Waals surface area contributed by atoms with Gasteiger partial charge in [-0.1, -0.05) is 30.3 Å². The van der Waals surface area contributed by atoms with Crippen molar-refractivity contribution >= 4 is 11.9 Å². The molecule has 0 heterocycles. The van der Waals surface area contributed by atoms with E-state index in [1.165, 1.54) is 6.92 Å². The SMILES string of the molecule is CC(=O)OC[C@H](Cc1ccccc1)NCC(=O)OC(C)(C)C. The first kappa shape index (κ1) is 18.2. The van der Waals surface area contributed by atoms with Crippen molar-refractivity contribution in [1.29, 1.82) is 0 Å². The summed E-state index contributed by atoms with van der Waals surface area (Å²) in [6.07, 6.45) is 0.664. The van der Waals surface area contributed by atoms with Gasteiger partial charge < -0.3 is 14.8 Å². The zero-order chi connectivity index (χ0) is 16.6. The lowest BCUT2D eigenvalue weighted by Gasteiger charge is -2.22. The van der Waals surface area contributed by atoms with E-state index in [9.17, 15) is 9.59 Å². The summed E-state index contributed by atoms with van der Waals surface area (Å²) in [5, 5.41) is 3.09. The topological polar surface area (TPSA) is 64.6 Å². The van der Waals surface area contributed by atoms with Crippen molar-refractivity contribution in [1.82, 2.24) is 5.32 Å². The predicted molar refractivity (Wildman–Crippen MR) is 84.4 cm³/mol. The molecular formula is C17H25NO4. The fraction of sp³-hybridized carbons (Fsp3) is 0.529. The van der Waals surface area contributed by atoms with Crippen LogP contribution in [0.15, 0.2) is 30.3 Å². The summed E-state index contributed by atoms with van der Waals surface area (Å²) in [5.41, 5.74) is 0.597. The van der Waals surface area contributed by atoms with Crippen LogP contribution in [-0.2, 0) is 25.5 Å². The van der Waals surface area contributed by atoms with Crippen LogP contribution in [-0.4, -0.2) is 36.7 Å². The summed E-state index contributed by atoms with van der Waals surface area (Å²) >= 11 is 0. The number of carbonyl (C=O) groups is 2. The van der Waals surface area contributed by atoms with Gasteiger partial charge in [0, 0.05) is 13.0 Å². The molecule has 22 heavy (non-hydrogen) atoms. The summed E-state index contributed by atoms with van der Waals surface area (Å²) in [4.78, 5) is 22.7. The third-order valence-electron chi connectivity index (χ3n) is 2.77. The Bertz CT molecular complexity index is 479. The highest BCUT2D eigenvalue weighted by molar-refractivity contribution is 5.72. The van der Waals surface area contributed by atoms with Crippen molar-refractivity contribution in [2.75, 3.05) is 13.2 Å². The van der Waals surface area contributed by atoms with E-state index in [0.717, 1.165) is 5.56 Å². The zero-order valence-corrected chi connectivity index (χ0v) is 13.7. The highest BCUT2D eigenvalue weighted by atomic mass is 16.6. The number of ether oxygens (including phenoxy) is 2. The second kappa shape index (κ2) is 8.54. The van der Waals surface area contributed by atoms with Crippen LogP contribution in [0.1, 0.15) is 33.3 Å². The Morgan fingerprint density at radius 2 is 1.82 bits per heavy atom. The Hall–Kier alpha value is -1.88. The molecule has 0 aliphatic heterocycles. The monoisotopic (exact) mass is 307 g/mol. The van der Waals surface area contributed by atoms with Gasteiger partial charge in [0.2, 0.25) is 0 Å². The molecule has 1 atom stereocenters. The van der Waals surface area contributed by atoms with E-state index >= 15 is 0 Å². The maximum atomic E-state index is 11.8. The van der Waals surface area contributed by atoms with Crippen LogP contribution in [0.2, 0.25) is 0 Å². The highest BCUT2D eigenvalue weighted by Crippen LogP contribution is 2.07. The molecule has 1 aromatic rings. The Balaban J connectivity index is 2.54. The van der Waals surface area contributed by atoms with Crippen LogP contribution in [0.5, 0.6) is 0 Å². The van der Waals surface area contributed by atoms with Crippen LogP contribution in [0.4, 0.5) is 0 Å². The van der Waals surface area contributed by atoms with Crippen molar-refractivity contribution in [3.63, 3.8) is 0 Å². The first-order valence-corrected chi connectivity index (χ1v) is 7.39. The molecule has 0 spiro atoms. The minimum atomic E-state index is -0.510. The molecular weight excluding hydrogens is 282 g/mol. The van der Waals surface area contributed by atoms with Gasteiger partial charge in [0.15, 0.2) is 0 Å². The van der Waals surface area contributed by atoms with Crippen molar-refractivity contribution in [3.05, 3.63) is 35.9 Å². The van der Waals surface area contributed by atoms with Gasteiger partial charge in [-0.2, -0.15) is 0 Å². The molecule has 0 radical (unpaired) electrons. The zero-order valence-electron chi connectivity index (χ0n) is 13.7. The third kappa shape index (κ3) is 8.42. The lowest BCUT2D eigenvalue weighted by Crippen LogP contribution is -2.41. The first-order valence-electron chi connectivity index (χ1n) is 7.39. The molecule has 5 nitrogen and oxygen atoms in total. The molecule has 0 saturated carbocycles. The fourth-order valence-electron chi connectivity index (χ4n) is 1.91. The number of esters is 2. The van der Waals surface area contributed by atoms with E-state index in [-0.39, 0.29) is 31.1 Å². The first-order chi connectivity index (χ1) is 10.3. The number of rotatable bonds is 7. The Morgan fingerprint density at radius 3 is 2.36 bits per heavy atom. The molecule has 1 rings (SSSR count). The maximum absolute atomic E-state index is 11.8. The van der Waals surface area contributed by atoms with Crippen LogP contribution >= 0.6 is 0 Å². The van der Waals surface area contributed by atoms with Crippen molar-refractivity contribution < 1.29 is 19.1 Å². The van der Waals surface area contributed by atoms with E-state index in [1.807, 2.05) is 51.1 Å². The normalized spacial score (nSPS) is 12.5. The molecule has 0 aromatic heterocycles.